The van der Waals surface area contributed by atoms with Crippen LogP contribution in [0.25, 0.3) is 16.7 Å². The number of fused-ring (bicyclic) bond motifs is 1. The Labute approximate surface area is 186 Å². The molecule has 3 aromatic rings. The van der Waals surface area contributed by atoms with Gasteiger partial charge in [-0.25, -0.2) is 4.98 Å². The van der Waals surface area contributed by atoms with Gasteiger partial charge in [-0.2, -0.15) is 5.26 Å². The smallest absolute Gasteiger partial charge is 0.135 e. The van der Waals surface area contributed by atoms with Crippen molar-refractivity contribution < 1.29 is 0 Å². The number of aromatic nitrogens is 2. The number of nitrogens with zero attached hydrogens (tertiary/aromatic N) is 3. The lowest BCUT2D eigenvalue weighted by atomic mass is 9.99. The van der Waals surface area contributed by atoms with E-state index < -0.39 is 0 Å². The highest BCUT2D eigenvalue weighted by atomic mass is 79.9. The first-order valence-electron chi connectivity index (χ1n) is 10.3. The quantitative estimate of drug-likeness (QED) is 0.355. The molecule has 152 valence electrons. The molecule has 1 atom stereocenters. The Morgan fingerprint density at radius 2 is 1.90 bits per heavy atom. The van der Waals surface area contributed by atoms with Crippen LogP contribution in [0.5, 0.6) is 0 Å². The lowest BCUT2D eigenvalue weighted by Crippen LogP contribution is -2.29. The molecule has 1 N–H and O–H groups in total. The molecule has 0 spiro atoms. The monoisotopic (exact) mass is 460 g/mol. The Morgan fingerprint density at radius 3 is 2.60 bits per heavy atom. The van der Waals surface area contributed by atoms with Crippen LogP contribution in [-0.2, 0) is 13.0 Å². The molecular weight excluding hydrogens is 436 g/mol. The van der Waals surface area contributed by atoms with Crippen LogP contribution in [0.4, 0.5) is 5.82 Å². The normalized spacial score (nSPS) is 17.6. The van der Waals surface area contributed by atoms with Crippen molar-refractivity contribution in [2.24, 2.45) is 0 Å². The maximum atomic E-state index is 9.39. The average molecular weight is 461 g/mol. The molecule has 30 heavy (non-hydrogen) atoms. The molecule has 1 aromatic heterocycles. The summed E-state index contributed by atoms with van der Waals surface area (Å²) in [4.78, 5) is 4.95. The molecule has 2 aromatic carbocycles. The molecule has 0 saturated carbocycles. The summed E-state index contributed by atoms with van der Waals surface area (Å²) >= 11 is 3.76. The topological polar surface area (TPSA) is 53.6 Å². The summed E-state index contributed by atoms with van der Waals surface area (Å²) in [6.07, 6.45) is 4.16. The zero-order chi connectivity index (χ0) is 21.3. The molecular formula is C25H25BrN4. The molecule has 0 amide bonds. The fourth-order valence-electron chi connectivity index (χ4n) is 4.03. The third-order valence-electron chi connectivity index (χ3n) is 5.40. The van der Waals surface area contributed by atoms with Crippen molar-refractivity contribution in [1.82, 2.24) is 9.55 Å². The Bertz CT molecular complexity index is 1150. The molecule has 4 rings (SSSR count). The molecule has 0 saturated heterocycles. The second kappa shape index (κ2) is 8.12. The molecule has 0 fully saturated rings. The maximum Gasteiger partial charge on any atom is 0.135 e. The van der Waals surface area contributed by atoms with Gasteiger partial charge in [-0.15, -0.1) is 0 Å². The van der Waals surface area contributed by atoms with E-state index in [-0.39, 0.29) is 4.45 Å². The zero-order valence-corrected chi connectivity index (χ0v) is 19.1. The van der Waals surface area contributed by atoms with Gasteiger partial charge in [0, 0.05) is 6.42 Å². The number of aryl methyl sites for hydroxylation is 1. The minimum absolute atomic E-state index is 0.282. The highest BCUT2D eigenvalue weighted by molar-refractivity contribution is 9.10. The van der Waals surface area contributed by atoms with Crippen LogP contribution in [0.3, 0.4) is 0 Å². The Morgan fingerprint density at radius 1 is 1.17 bits per heavy atom. The van der Waals surface area contributed by atoms with Crippen molar-refractivity contribution in [2.45, 2.75) is 44.6 Å². The lowest BCUT2D eigenvalue weighted by Gasteiger charge is -2.28. The second-order valence-electron chi connectivity index (χ2n) is 7.94. The van der Waals surface area contributed by atoms with Gasteiger partial charge in [0.05, 0.1) is 18.2 Å². The van der Waals surface area contributed by atoms with Gasteiger partial charge in [0.2, 0.25) is 0 Å². The first kappa shape index (κ1) is 20.4. The summed E-state index contributed by atoms with van der Waals surface area (Å²) in [5.41, 5.74) is 6.15. The molecule has 1 aliphatic heterocycles. The Kier molecular flexibility index (Phi) is 5.53. The van der Waals surface area contributed by atoms with Crippen LogP contribution in [0.1, 0.15) is 49.8 Å². The Balaban J connectivity index is 1.68. The van der Waals surface area contributed by atoms with E-state index in [0.717, 1.165) is 47.8 Å². The standard InChI is InChI=1S/C25H25BrN4/c1-4-7-22-28-23-17(2)14-25(3,26)29-24(23)30(22)16-18-10-12-19(13-11-18)21-9-6-5-8-20(21)15-27/h5-6,8-14,29H,4,7,16H2,1-3H3. The highest BCUT2D eigenvalue weighted by Gasteiger charge is 2.29. The van der Waals surface area contributed by atoms with Gasteiger partial charge in [-0.05, 0) is 54.7 Å². The predicted octanol–water partition coefficient (Wildman–Crippen LogP) is 6.36. The average Bonchev–Trinajstić information content (AvgIpc) is 3.05. The fraction of sp³-hybridized carbons (Fsp3) is 0.280. The number of hydrogen-bond donors (Lipinski definition) is 1. The summed E-state index contributed by atoms with van der Waals surface area (Å²) in [6.45, 7) is 7.16. The number of benzene rings is 2. The van der Waals surface area contributed by atoms with E-state index in [0.29, 0.717) is 5.56 Å². The van der Waals surface area contributed by atoms with E-state index >= 15 is 0 Å². The van der Waals surface area contributed by atoms with Crippen LogP contribution in [0, 0.1) is 11.3 Å². The molecule has 1 unspecified atom stereocenters. The third kappa shape index (κ3) is 3.93. The number of rotatable bonds is 5. The number of allylic oxidation sites excluding steroid dienone is 1. The van der Waals surface area contributed by atoms with Crippen LogP contribution < -0.4 is 5.32 Å². The third-order valence-corrected chi connectivity index (χ3v) is 5.82. The Hall–Kier alpha value is -2.84. The van der Waals surface area contributed by atoms with Gasteiger partial charge in [0.25, 0.3) is 0 Å². The van der Waals surface area contributed by atoms with E-state index in [2.05, 4.69) is 83.0 Å². The summed E-state index contributed by atoms with van der Waals surface area (Å²) in [5, 5.41) is 13.0. The van der Waals surface area contributed by atoms with Crippen molar-refractivity contribution in [3.05, 3.63) is 77.3 Å². The van der Waals surface area contributed by atoms with Gasteiger partial charge in [-0.1, -0.05) is 65.3 Å². The van der Waals surface area contributed by atoms with E-state index in [1.54, 1.807) is 0 Å². The first-order valence-corrected chi connectivity index (χ1v) is 11.1. The molecule has 0 radical (unpaired) electrons. The van der Waals surface area contributed by atoms with Gasteiger partial charge in [-0.3, -0.25) is 0 Å². The molecule has 2 heterocycles. The number of anilines is 1. The second-order valence-corrected chi connectivity index (χ2v) is 9.59. The lowest BCUT2D eigenvalue weighted by molar-refractivity contribution is 0.703. The van der Waals surface area contributed by atoms with Crippen molar-refractivity contribution in [1.29, 1.82) is 5.26 Å². The zero-order valence-electron chi connectivity index (χ0n) is 17.5. The molecule has 4 nitrogen and oxygen atoms in total. The van der Waals surface area contributed by atoms with Crippen LogP contribution in [0.2, 0.25) is 0 Å². The van der Waals surface area contributed by atoms with Crippen molar-refractivity contribution in [2.75, 3.05) is 5.32 Å². The van der Waals surface area contributed by atoms with Crippen LogP contribution in [0.15, 0.2) is 54.6 Å². The molecule has 1 aliphatic rings. The van der Waals surface area contributed by atoms with Gasteiger partial charge in [0.1, 0.15) is 21.8 Å². The molecule has 0 bridgehead atoms. The van der Waals surface area contributed by atoms with Crippen LogP contribution in [-0.4, -0.2) is 14.0 Å². The fourth-order valence-corrected chi connectivity index (χ4v) is 4.56. The van der Waals surface area contributed by atoms with Gasteiger partial charge >= 0.3 is 0 Å². The number of nitriles is 1. The minimum atomic E-state index is -0.282. The minimum Gasteiger partial charge on any atom is -0.351 e. The number of alkyl halides is 1. The van der Waals surface area contributed by atoms with E-state index in [1.165, 1.54) is 11.1 Å². The van der Waals surface area contributed by atoms with E-state index in [9.17, 15) is 5.26 Å². The van der Waals surface area contributed by atoms with Crippen molar-refractivity contribution in [3.63, 3.8) is 0 Å². The largest absolute Gasteiger partial charge is 0.351 e. The maximum absolute atomic E-state index is 9.39. The van der Waals surface area contributed by atoms with Gasteiger partial charge in [0.15, 0.2) is 0 Å². The summed E-state index contributed by atoms with van der Waals surface area (Å²) in [5.74, 6) is 2.17. The number of hydrogen-bond acceptors (Lipinski definition) is 3. The van der Waals surface area contributed by atoms with Crippen LogP contribution >= 0.6 is 15.9 Å². The molecule has 5 heteroatoms. The number of nitrogens with one attached hydrogen (secondary N) is 1. The number of imidazole rings is 1. The SMILES string of the molecule is CCCc1nc2c(n1Cc1ccc(-c3ccccc3C#N)cc1)NC(C)(Br)C=C2C. The summed E-state index contributed by atoms with van der Waals surface area (Å²) in [6, 6.07) is 18.5. The van der Waals surface area contributed by atoms with E-state index in [4.69, 9.17) is 4.98 Å². The summed E-state index contributed by atoms with van der Waals surface area (Å²) < 4.78 is 2.02. The highest BCUT2D eigenvalue weighted by Crippen LogP contribution is 2.37. The summed E-state index contributed by atoms with van der Waals surface area (Å²) in [7, 11) is 0. The van der Waals surface area contributed by atoms with Gasteiger partial charge < -0.3 is 9.88 Å². The van der Waals surface area contributed by atoms with Crippen molar-refractivity contribution in [3.8, 4) is 17.2 Å². The van der Waals surface area contributed by atoms with E-state index in [1.807, 2.05) is 24.3 Å². The molecule has 0 aliphatic carbocycles. The first-order chi connectivity index (χ1) is 14.4. The predicted molar refractivity (Wildman–Crippen MR) is 127 cm³/mol. The van der Waals surface area contributed by atoms with Crippen molar-refractivity contribution >= 4 is 27.3 Å². The number of halogens is 1.